The van der Waals surface area contributed by atoms with Crippen molar-refractivity contribution in [3.63, 3.8) is 0 Å². The third-order valence-corrected chi connectivity index (χ3v) is 7.77. The van der Waals surface area contributed by atoms with Crippen LogP contribution in [0, 0.1) is 6.92 Å². The van der Waals surface area contributed by atoms with Crippen molar-refractivity contribution in [3.05, 3.63) is 59.7 Å². The number of hydrogen-bond acceptors (Lipinski definition) is 4. The molecule has 150 valence electrons. The minimum Gasteiger partial charge on any atom is -0.497 e. The zero-order valence-corrected chi connectivity index (χ0v) is 17.2. The number of carbonyl (C=O) groups excluding carboxylic acids is 1. The number of likely N-dealkylation sites (tertiary alicyclic amines) is 1. The lowest BCUT2D eigenvalue weighted by Gasteiger charge is -2.32. The molecule has 1 heterocycles. The molecule has 5 nitrogen and oxygen atoms in total. The summed E-state index contributed by atoms with van der Waals surface area (Å²) in [5.41, 5.74) is 2.38. The Bertz CT molecular complexity index is 914. The summed E-state index contributed by atoms with van der Waals surface area (Å²) in [5.74, 6) is 0.733. The highest BCUT2D eigenvalue weighted by Gasteiger charge is 2.32. The third-order valence-electron chi connectivity index (χ3n) is 5.49. The van der Waals surface area contributed by atoms with Crippen molar-refractivity contribution in [3.8, 4) is 5.75 Å². The van der Waals surface area contributed by atoms with Crippen LogP contribution in [0.1, 0.15) is 30.4 Å². The Hall–Kier alpha value is -2.34. The zero-order valence-electron chi connectivity index (χ0n) is 16.4. The number of nitrogens with zero attached hydrogens (tertiary/aromatic N) is 1. The molecule has 1 aliphatic heterocycles. The number of benzene rings is 2. The molecule has 3 rings (SSSR count). The molecule has 2 aromatic carbocycles. The molecular formula is C22H27NO4S. The van der Waals surface area contributed by atoms with Gasteiger partial charge in [-0.15, -0.1) is 0 Å². The quantitative estimate of drug-likeness (QED) is 0.744. The number of amides is 1. The SMILES string of the molecule is COc1ccc(S(=O)(=O)C2CCN(C(=O)CCc3ccccc3C)CC2)cc1. The van der Waals surface area contributed by atoms with Crippen LogP contribution in [-0.2, 0) is 21.1 Å². The first-order chi connectivity index (χ1) is 13.4. The molecule has 28 heavy (non-hydrogen) atoms. The molecule has 1 saturated heterocycles. The largest absolute Gasteiger partial charge is 0.497 e. The van der Waals surface area contributed by atoms with Gasteiger partial charge in [0.25, 0.3) is 0 Å². The molecule has 0 aromatic heterocycles. The maximum absolute atomic E-state index is 12.9. The van der Waals surface area contributed by atoms with Crippen LogP contribution in [0.2, 0.25) is 0 Å². The standard InChI is InChI=1S/C22H27NO4S/c1-17-5-3-4-6-18(17)7-12-22(24)23-15-13-21(14-16-23)28(25,26)20-10-8-19(27-2)9-11-20/h3-6,8-11,21H,7,12-16H2,1-2H3. The molecule has 0 spiro atoms. The molecular weight excluding hydrogens is 374 g/mol. The molecule has 0 atom stereocenters. The number of piperidine rings is 1. The molecule has 1 aliphatic rings. The summed E-state index contributed by atoms with van der Waals surface area (Å²) in [4.78, 5) is 14.7. The van der Waals surface area contributed by atoms with Gasteiger partial charge in [-0.1, -0.05) is 24.3 Å². The Morgan fingerprint density at radius 2 is 1.71 bits per heavy atom. The van der Waals surface area contributed by atoms with Gasteiger partial charge >= 0.3 is 0 Å². The fraction of sp³-hybridized carbons (Fsp3) is 0.409. The van der Waals surface area contributed by atoms with Crippen LogP contribution in [0.3, 0.4) is 0 Å². The molecule has 0 unspecified atom stereocenters. The summed E-state index contributed by atoms with van der Waals surface area (Å²) in [5, 5.41) is -0.443. The first-order valence-corrected chi connectivity index (χ1v) is 11.2. The van der Waals surface area contributed by atoms with E-state index in [9.17, 15) is 13.2 Å². The van der Waals surface area contributed by atoms with Gasteiger partial charge < -0.3 is 9.64 Å². The maximum atomic E-state index is 12.9. The predicted molar refractivity (Wildman–Crippen MR) is 109 cm³/mol. The second kappa shape index (κ2) is 8.78. The number of ether oxygens (including phenoxy) is 1. The van der Waals surface area contributed by atoms with Crippen molar-refractivity contribution in [1.82, 2.24) is 4.90 Å². The van der Waals surface area contributed by atoms with Crippen molar-refractivity contribution >= 4 is 15.7 Å². The lowest BCUT2D eigenvalue weighted by molar-refractivity contribution is -0.132. The maximum Gasteiger partial charge on any atom is 0.222 e. The van der Waals surface area contributed by atoms with Crippen LogP contribution in [0.15, 0.2) is 53.4 Å². The van der Waals surface area contributed by atoms with E-state index in [0.29, 0.717) is 43.0 Å². The van der Waals surface area contributed by atoms with Crippen LogP contribution in [0.25, 0.3) is 0 Å². The average Bonchev–Trinajstić information content (AvgIpc) is 2.73. The number of aryl methyl sites for hydroxylation is 2. The Balaban J connectivity index is 1.55. The van der Waals surface area contributed by atoms with E-state index in [1.807, 2.05) is 12.1 Å². The van der Waals surface area contributed by atoms with Gasteiger partial charge in [-0.05, 0) is 61.6 Å². The van der Waals surface area contributed by atoms with Crippen molar-refractivity contribution < 1.29 is 17.9 Å². The van der Waals surface area contributed by atoms with Crippen LogP contribution >= 0.6 is 0 Å². The lowest BCUT2D eigenvalue weighted by Crippen LogP contribution is -2.42. The second-order valence-corrected chi connectivity index (χ2v) is 9.46. The molecule has 1 fully saturated rings. The number of hydrogen-bond donors (Lipinski definition) is 0. The molecule has 1 amide bonds. The number of carbonyl (C=O) groups is 1. The van der Waals surface area contributed by atoms with E-state index in [1.165, 1.54) is 11.1 Å². The first-order valence-electron chi connectivity index (χ1n) is 9.62. The van der Waals surface area contributed by atoms with Crippen molar-refractivity contribution in [2.24, 2.45) is 0 Å². The molecule has 0 radical (unpaired) electrons. The van der Waals surface area contributed by atoms with E-state index in [4.69, 9.17) is 4.74 Å². The van der Waals surface area contributed by atoms with E-state index >= 15 is 0 Å². The highest BCUT2D eigenvalue weighted by atomic mass is 32.2. The Morgan fingerprint density at radius 3 is 2.32 bits per heavy atom. The van der Waals surface area contributed by atoms with E-state index in [-0.39, 0.29) is 5.91 Å². The molecule has 0 N–H and O–H groups in total. The Labute approximate surface area is 167 Å². The summed E-state index contributed by atoms with van der Waals surface area (Å²) in [6, 6.07) is 14.6. The van der Waals surface area contributed by atoms with Gasteiger partial charge in [0, 0.05) is 19.5 Å². The minimum absolute atomic E-state index is 0.101. The van der Waals surface area contributed by atoms with Gasteiger partial charge in [-0.2, -0.15) is 0 Å². The van der Waals surface area contributed by atoms with E-state index in [1.54, 1.807) is 36.3 Å². The van der Waals surface area contributed by atoms with Crippen LogP contribution in [-0.4, -0.2) is 44.7 Å². The van der Waals surface area contributed by atoms with E-state index < -0.39 is 15.1 Å². The molecule has 0 bridgehead atoms. The monoisotopic (exact) mass is 401 g/mol. The fourth-order valence-corrected chi connectivity index (χ4v) is 5.40. The highest BCUT2D eigenvalue weighted by molar-refractivity contribution is 7.92. The Morgan fingerprint density at radius 1 is 1.07 bits per heavy atom. The lowest BCUT2D eigenvalue weighted by atomic mass is 10.0. The third kappa shape index (κ3) is 4.55. The molecule has 0 saturated carbocycles. The van der Waals surface area contributed by atoms with Crippen molar-refractivity contribution in [2.45, 2.75) is 42.8 Å². The summed E-state index contributed by atoms with van der Waals surface area (Å²) in [6.45, 7) is 3.04. The van der Waals surface area contributed by atoms with Crippen LogP contribution < -0.4 is 4.74 Å². The van der Waals surface area contributed by atoms with Crippen molar-refractivity contribution in [2.75, 3.05) is 20.2 Å². The number of sulfone groups is 1. The topological polar surface area (TPSA) is 63.7 Å². The summed E-state index contributed by atoms with van der Waals surface area (Å²) >= 11 is 0. The number of methoxy groups -OCH3 is 1. The molecule has 0 aliphatic carbocycles. The van der Waals surface area contributed by atoms with Crippen LogP contribution in [0.4, 0.5) is 0 Å². The minimum atomic E-state index is -3.39. The highest BCUT2D eigenvalue weighted by Crippen LogP contribution is 2.26. The molecule has 6 heteroatoms. The zero-order chi connectivity index (χ0) is 20.1. The smallest absolute Gasteiger partial charge is 0.222 e. The second-order valence-electron chi connectivity index (χ2n) is 7.23. The van der Waals surface area contributed by atoms with Gasteiger partial charge in [0.05, 0.1) is 17.3 Å². The Kier molecular flexibility index (Phi) is 6.39. The van der Waals surface area contributed by atoms with Gasteiger partial charge in [0.2, 0.25) is 5.91 Å². The van der Waals surface area contributed by atoms with E-state index in [0.717, 1.165) is 6.42 Å². The predicted octanol–water partition coefficient (Wildman–Crippen LogP) is 3.40. The average molecular weight is 402 g/mol. The fourth-order valence-electron chi connectivity index (χ4n) is 3.66. The van der Waals surface area contributed by atoms with Gasteiger partial charge in [0.15, 0.2) is 9.84 Å². The van der Waals surface area contributed by atoms with Gasteiger partial charge in [-0.25, -0.2) is 8.42 Å². The van der Waals surface area contributed by atoms with Crippen LogP contribution in [0.5, 0.6) is 5.75 Å². The number of rotatable bonds is 6. The van der Waals surface area contributed by atoms with E-state index in [2.05, 4.69) is 19.1 Å². The first kappa shape index (κ1) is 20.4. The normalized spacial score (nSPS) is 15.4. The van der Waals surface area contributed by atoms with Gasteiger partial charge in [0.1, 0.15) is 5.75 Å². The summed E-state index contributed by atoms with van der Waals surface area (Å²) in [7, 11) is -1.84. The summed E-state index contributed by atoms with van der Waals surface area (Å²) in [6.07, 6.45) is 2.13. The van der Waals surface area contributed by atoms with Crippen molar-refractivity contribution in [1.29, 1.82) is 0 Å². The summed E-state index contributed by atoms with van der Waals surface area (Å²) < 4.78 is 30.8. The van der Waals surface area contributed by atoms with Gasteiger partial charge in [-0.3, -0.25) is 4.79 Å². The molecule has 2 aromatic rings.